The van der Waals surface area contributed by atoms with Gasteiger partial charge in [-0.15, -0.1) is 0 Å². The molecule has 0 bridgehead atoms. The highest BCUT2D eigenvalue weighted by atomic mass is 35.5. The molecule has 110 valence electrons. The van der Waals surface area contributed by atoms with Crippen molar-refractivity contribution >= 4 is 28.9 Å². The van der Waals surface area contributed by atoms with Crippen molar-refractivity contribution in [2.24, 2.45) is 0 Å². The predicted molar refractivity (Wildman–Crippen MR) is 88.6 cm³/mol. The zero-order valence-corrected chi connectivity index (χ0v) is 12.7. The average molecular weight is 312 g/mol. The van der Waals surface area contributed by atoms with Gasteiger partial charge in [-0.3, -0.25) is 4.79 Å². The van der Waals surface area contributed by atoms with Crippen LogP contribution in [0.4, 0.5) is 11.4 Å². The first-order valence-corrected chi connectivity index (χ1v) is 6.98. The van der Waals surface area contributed by atoms with Crippen LogP contribution in [0.15, 0.2) is 60.3 Å². The second-order valence-corrected chi connectivity index (χ2v) is 4.95. The number of carbonyl (C=O) groups excluding carboxylic acids is 1. The summed E-state index contributed by atoms with van der Waals surface area (Å²) in [5.41, 5.74) is 2.20. The molecule has 22 heavy (non-hydrogen) atoms. The Bertz CT molecular complexity index is 748. The molecule has 2 aromatic rings. The number of halogens is 1. The number of para-hydroxylation sites is 1. The topological polar surface area (TPSA) is 64.9 Å². The molecular formula is C17H14ClN3O. The fourth-order valence-corrected chi connectivity index (χ4v) is 1.96. The van der Waals surface area contributed by atoms with Crippen LogP contribution in [0.1, 0.15) is 5.56 Å². The minimum Gasteiger partial charge on any atom is -0.360 e. The van der Waals surface area contributed by atoms with Crippen molar-refractivity contribution in [1.29, 1.82) is 5.26 Å². The van der Waals surface area contributed by atoms with Gasteiger partial charge >= 0.3 is 0 Å². The van der Waals surface area contributed by atoms with Gasteiger partial charge in [-0.2, -0.15) is 5.26 Å². The number of carbonyl (C=O) groups is 1. The van der Waals surface area contributed by atoms with Crippen LogP contribution in [0.5, 0.6) is 0 Å². The lowest BCUT2D eigenvalue weighted by atomic mass is 10.2. The van der Waals surface area contributed by atoms with E-state index in [0.29, 0.717) is 10.7 Å². The Balaban J connectivity index is 2.12. The summed E-state index contributed by atoms with van der Waals surface area (Å²) in [5, 5.41) is 15.3. The molecule has 2 rings (SSSR count). The summed E-state index contributed by atoms with van der Waals surface area (Å²) in [6.07, 6.45) is 1.37. The van der Waals surface area contributed by atoms with E-state index >= 15 is 0 Å². The Kier molecular flexibility index (Phi) is 5.18. The molecule has 0 saturated carbocycles. The molecule has 0 aliphatic carbocycles. The zero-order valence-electron chi connectivity index (χ0n) is 11.9. The minimum atomic E-state index is -0.471. The number of hydrogen-bond acceptors (Lipinski definition) is 3. The summed E-state index contributed by atoms with van der Waals surface area (Å²) >= 11 is 6.03. The minimum absolute atomic E-state index is 0.0248. The molecule has 0 spiro atoms. The van der Waals surface area contributed by atoms with Crippen molar-refractivity contribution in [2.45, 2.75) is 6.92 Å². The lowest BCUT2D eigenvalue weighted by molar-refractivity contribution is -0.112. The van der Waals surface area contributed by atoms with Crippen LogP contribution >= 0.6 is 11.6 Å². The van der Waals surface area contributed by atoms with E-state index in [0.717, 1.165) is 11.3 Å². The van der Waals surface area contributed by atoms with Crippen LogP contribution < -0.4 is 10.6 Å². The molecule has 0 saturated heterocycles. The van der Waals surface area contributed by atoms with E-state index in [1.807, 2.05) is 25.1 Å². The molecule has 2 N–H and O–H groups in total. The van der Waals surface area contributed by atoms with Gasteiger partial charge in [-0.1, -0.05) is 35.9 Å². The van der Waals surface area contributed by atoms with E-state index in [1.54, 1.807) is 36.4 Å². The Hall–Kier alpha value is -2.77. The van der Waals surface area contributed by atoms with Crippen molar-refractivity contribution in [3.8, 4) is 6.07 Å². The second kappa shape index (κ2) is 7.30. The van der Waals surface area contributed by atoms with Crippen molar-refractivity contribution in [3.05, 3.63) is 70.9 Å². The van der Waals surface area contributed by atoms with Crippen LogP contribution in [0.25, 0.3) is 0 Å². The molecule has 0 heterocycles. The maximum atomic E-state index is 12.0. The van der Waals surface area contributed by atoms with Gasteiger partial charge in [0.2, 0.25) is 0 Å². The van der Waals surface area contributed by atoms with Crippen molar-refractivity contribution in [2.75, 3.05) is 10.6 Å². The number of amides is 1. The summed E-state index contributed by atoms with van der Waals surface area (Å²) in [4.78, 5) is 12.0. The van der Waals surface area contributed by atoms with Crippen LogP contribution in [0.2, 0.25) is 5.02 Å². The lowest BCUT2D eigenvalue weighted by Gasteiger charge is -2.08. The SMILES string of the molecule is Cc1c(Cl)cccc1NC=C(C#N)C(=O)Nc1ccccc1. The molecule has 0 unspecified atom stereocenters. The Morgan fingerprint density at radius 2 is 1.91 bits per heavy atom. The summed E-state index contributed by atoms with van der Waals surface area (Å²) in [6, 6.07) is 16.2. The van der Waals surface area contributed by atoms with E-state index in [9.17, 15) is 4.79 Å². The van der Waals surface area contributed by atoms with Gasteiger partial charge in [-0.05, 0) is 36.8 Å². The van der Waals surface area contributed by atoms with Gasteiger partial charge in [0, 0.05) is 22.6 Å². The van der Waals surface area contributed by atoms with Crippen molar-refractivity contribution in [3.63, 3.8) is 0 Å². The van der Waals surface area contributed by atoms with E-state index < -0.39 is 5.91 Å². The van der Waals surface area contributed by atoms with E-state index in [2.05, 4.69) is 10.6 Å². The first-order valence-electron chi connectivity index (χ1n) is 6.60. The fourth-order valence-electron chi connectivity index (χ4n) is 1.78. The molecule has 0 atom stereocenters. The molecule has 4 nitrogen and oxygen atoms in total. The van der Waals surface area contributed by atoms with Gasteiger partial charge in [0.15, 0.2) is 0 Å². The monoisotopic (exact) mass is 311 g/mol. The summed E-state index contributed by atoms with van der Waals surface area (Å²) in [6.45, 7) is 1.86. The van der Waals surface area contributed by atoms with Crippen LogP contribution in [-0.4, -0.2) is 5.91 Å². The number of nitrogens with zero attached hydrogens (tertiary/aromatic N) is 1. The number of nitrogens with one attached hydrogen (secondary N) is 2. The van der Waals surface area contributed by atoms with Gasteiger partial charge in [0.05, 0.1) is 0 Å². The van der Waals surface area contributed by atoms with Crippen LogP contribution in [0.3, 0.4) is 0 Å². The number of rotatable bonds is 4. The van der Waals surface area contributed by atoms with Gasteiger partial charge in [0.1, 0.15) is 11.6 Å². The molecule has 0 radical (unpaired) electrons. The Labute approximate surface area is 134 Å². The Morgan fingerprint density at radius 1 is 1.18 bits per heavy atom. The standard InChI is InChI=1S/C17H14ClN3O/c1-12-15(18)8-5-9-16(12)20-11-13(10-19)17(22)21-14-6-3-2-4-7-14/h2-9,11,20H,1H3,(H,21,22). The highest BCUT2D eigenvalue weighted by molar-refractivity contribution is 6.31. The smallest absolute Gasteiger partial charge is 0.267 e. The summed E-state index contributed by atoms with van der Waals surface area (Å²) in [7, 11) is 0. The third kappa shape index (κ3) is 3.87. The third-order valence-corrected chi connectivity index (χ3v) is 3.45. The number of nitriles is 1. The first-order chi connectivity index (χ1) is 10.6. The first kappa shape index (κ1) is 15.6. The summed E-state index contributed by atoms with van der Waals surface area (Å²) in [5.74, 6) is -0.471. The molecule has 0 aromatic heterocycles. The molecule has 1 amide bonds. The molecule has 2 aromatic carbocycles. The van der Waals surface area contributed by atoms with Crippen LogP contribution in [-0.2, 0) is 4.79 Å². The average Bonchev–Trinajstić information content (AvgIpc) is 2.53. The van der Waals surface area contributed by atoms with Crippen molar-refractivity contribution in [1.82, 2.24) is 0 Å². The van der Waals surface area contributed by atoms with E-state index in [1.165, 1.54) is 6.20 Å². The van der Waals surface area contributed by atoms with Crippen LogP contribution in [0, 0.1) is 18.3 Å². The maximum Gasteiger partial charge on any atom is 0.267 e. The van der Waals surface area contributed by atoms with E-state index in [-0.39, 0.29) is 5.57 Å². The molecule has 5 heteroatoms. The largest absolute Gasteiger partial charge is 0.360 e. The van der Waals surface area contributed by atoms with Gasteiger partial charge in [0.25, 0.3) is 5.91 Å². The zero-order chi connectivity index (χ0) is 15.9. The molecule has 0 fully saturated rings. The maximum absolute atomic E-state index is 12.0. The third-order valence-electron chi connectivity index (χ3n) is 3.04. The number of hydrogen-bond donors (Lipinski definition) is 2. The normalized spacial score (nSPS) is 10.7. The number of benzene rings is 2. The number of anilines is 2. The van der Waals surface area contributed by atoms with Gasteiger partial charge in [-0.25, -0.2) is 0 Å². The van der Waals surface area contributed by atoms with E-state index in [4.69, 9.17) is 16.9 Å². The van der Waals surface area contributed by atoms with Crippen molar-refractivity contribution < 1.29 is 4.79 Å². The molecule has 0 aliphatic heterocycles. The molecule has 0 aliphatic rings. The lowest BCUT2D eigenvalue weighted by Crippen LogP contribution is -2.14. The van der Waals surface area contributed by atoms with Gasteiger partial charge < -0.3 is 10.6 Å². The molecular weight excluding hydrogens is 298 g/mol. The quantitative estimate of drug-likeness (QED) is 0.660. The predicted octanol–water partition coefficient (Wildman–Crippen LogP) is 4.11. The Morgan fingerprint density at radius 3 is 2.59 bits per heavy atom. The highest BCUT2D eigenvalue weighted by Gasteiger charge is 2.09. The fraction of sp³-hybridized carbons (Fsp3) is 0.0588. The highest BCUT2D eigenvalue weighted by Crippen LogP contribution is 2.23. The second-order valence-electron chi connectivity index (χ2n) is 4.55. The summed E-state index contributed by atoms with van der Waals surface area (Å²) < 4.78 is 0.